The SMILES string of the molecule is Cc1occc1C(=O)N/N=C\C=C/c1ccco1. The van der Waals surface area contributed by atoms with Gasteiger partial charge in [-0.25, -0.2) is 5.43 Å². The van der Waals surface area contributed by atoms with Crippen LogP contribution in [-0.2, 0) is 0 Å². The molecule has 0 aliphatic carbocycles. The number of hydrogen-bond acceptors (Lipinski definition) is 4. The fourth-order valence-corrected chi connectivity index (χ4v) is 1.34. The number of nitrogens with zero attached hydrogens (tertiary/aromatic N) is 1. The Hall–Kier alpha value is -2.56. The third kappa shape index (κ3) is 2.98. The number of amides is 1. The lowest BCUT2D eigenvalue weighted by Gasteiger charge is -1.95. The summed E-state index contributed by atoms with van der Waals surface area (Å²) >= 11 is 0. The van der Waals surface area contributed by atoms with Gasteiger partial charge in [-0.15, -0.1) is 0 Å². The largest absolute Gasteiger partial charge is 0.469 e. The number of carbonyl (C=O) groups excluding carboxylic acids is 1. The summed E-state index contributed by atoms with van der Waals surface area (Å²) in [7, 11) is 0. The number of rotatable bonds is 4. The fourth-order valence-electron chi connectivity index (χ4n) is 1.34. The lowest BCUT2D eigenvalue weighted by molar-refractivity contribution is 0.0953. The predicted molar refractivity (Wildman–Crippen MR) is 67.1 cm³/mol. The van der Waals surface area contributed by atoms with E-state index in [1.54, 1.807) is 37.5 Å². The first kappa shape index (κ1) is 11.9. The number of furan rings is 2. The highest BCUT2D eigenvalue weighted by Gasteiger charge is 2.09. The monoisotopic (exact) mass is 244 g/mol. The van der Waals surface area contributed by atoms with E-state index in [0.29, 0.717) is 11.3 Å². The van der Waals surface area contributed by atoms with E-state index < -0.39 is 0 Å². The second-order valence-electron chi connectivity index (χ2n) is 3.48. The van der Waals surface area contributed by atoms with Gasteiger partial charge < -0.3 is 8.83 Å². The van der Waals surface area contributed by atoms with Gasteiger partial charge >= 0.3 is 0 Å². The summed E-state index contributed by atoms with van der Waals surface area (Å²) in [5.74, 6) is 0.983. The smallest absolute Gasteiger partial charge is 0.274 e. The molecule has 0 aliphatic heterocycles. The molecule has 2 rings (SSSR count). The average Bonchev–Trinajstić information content (AvgIpc) is 2.99. The molecule has 92 valence electrons. The van der Waals surface area contributed by atoms with Crippen molar-refractivity contribution < 1.29 is 13.6 Å². The van der Waals surface area contributed by atoms with Crippen LogP contribution >= 0.6 is 0 Å². The van der Waals surface area contributed by atoms with Crippen LogP contribution in [0.25, 0.3) is 6.08 Å². The molecule has 0 spiro atoms. The second kappa shape index (κ2) is 5.67. The zero-order valence-corrected chi connectivity index (χ0v) is 9.79. The molecule has 0 saturated carbocycles. The molecule has 0 aliphatic rings. The van der Waals surface area contributed by atoms with Crippen LogP contribution < -0.4 is 5.43 Å². The topological polar surface area (TPSA) is 67.7 Å². The molecule has 0 fully saturated rings. The molecular weight excluding hydrogens is 232 g/mol. The molecule has 0 radical (unpaired) electrons. The maximum absolute atomic E-state index is 11.6. The van der Waals surface area contributed by atoms with Crippen LogP contribution in [0.2, 0.25) is 0 Å². The maximum atomic E-state index is 11.6. The number of allylic oxidation sites excluding steroid dienone is 1. The first-order valence-corrected chi connectivity index (χ1v) is 5.35. The lowest BCUT2D eigenvalue weighted by Crippen LogP contribution is -2.17. The van der Waals surface area contributed by atoms with Crippen LogP contribution in [0.3, 0.4) is 0 Å². The summed E-state index contributed by atoms with van der Waals surface area (Å²) in [5, 5.41) is 3.77. The Balaban J connectivity index is 1.85. The zero-order valence-electron chi connectivity index (χ0n) is 9.79. The van der Waals surface area contributed by atoms with Gasteiger partial charge in [0.15, 0.2) is 0 Å². The molecule has 2 aromatic rings. The molecule has 0 atom stereocenters. The van der Waals surface area contributed by atoms with Crippen molar-refractivity contribution in [1.82, 2.24) is 5.43 Å². The highest BCUT2D eigenvalue weighted by atomic mass is 16.3. The molecular formula is C13H12N2O3. The van der Waals surface area contributed by atoms with E-state index in [1.807, 2.05) is 6.07 Å². The fraction of sp³-hybridized carbons (Fsp3) is 0.0769. The molecule has 0 unspecified atom stereocenters. The average molecular weight is 244 g/mol. The van der Waals surface area contributed by atoms with Gasteiger partial charge in [0.2, 0.25) is 0 Å². The molecule has 0 saturated heterocycles. The molecule has 1 N–H and O–H groups in total. The Bertz CT molecular complexity index is 565. The number of hydrogen-bond donors (Lipinski definition) is 1. The second-order valence-corrected chi connectivity index (χ2v) is 3.48. The molecule has 2 aromatic heterocycles. The summed E-state index contributed by atoms with van der Waals surface area (Å²) in [4.78, 5) is 11.6. The maximum Gasteiger partial charge on any atom is 0.274 e. The standard InChI is InChI=1S/C13H12N2O3/c1-10-12(6-9-17-10)13(16)15-14-7-2-4-11-5-3-8-18-11/h2-9H,1H3,(H,15,16)/b4-2-,14-7-. The van der Waals surface area contributed by atoms with Crippen molar-refractivity contribution in [2.75, 3.05) is 0 Å². The van der Waals surface area contributed by atoms with Crippen LogP contribution in [0.4, 0.5) is 0 Å². The zero-order chi connectivity index (χ0) is 12.8. The van der Waals surface area contributed by atoms with Gasteiger partial charge in [0.25, 0.3) is 5.91 Å². The van der Waals surface area contributed by atoms with Crippen LogP contribution in [0.15, 0.2) is 50.7 Å². The Morgan fingerprint density at radius 2 is 2.22 bits per heavy atom. The summed E-state index contributed by atoms with van der Waals surface area (Å²) in [5.41, 5.74) is 2.87. The van der Waals surface area contributed by atoms with E-state index in [2.05, 4.69) is 10.5 Å². The van der Waals surface area contributed by atoms with Crippen molar-refractivity contribution in [2.45, 2.75) is 6.92 Å². The van der Waals surface area contributed by atoms with E-state index in [1.165, 1.54) is 12.5 Å². The van der Waals surface area contributed by atoms with Crippen LogP contribution in [0, 0.1) is 6.92 Å². The van der Waals surface area contributed by atoms with E-state index in [4.69, 9.17) is 8.83 Å². The molecule has 1 amide bonds. The Labute approximate surface area is 104 Å². The summed E-state index contributed by atoms with van der Waals surface area (Å²) in [6.45, 7) is 1.72. The first-order chi connectivity index (χ1) is 8.77. The summed E-state index contributed by atoms with van der Waals surface area (Å²) < 4.78 is 10.1. The predicted octanol–water partition coefficient (Wildman–Crippen LogP) is 2.61. The van der Waals surface area contributed by atoms with Gasteiger partial charge in [-0.2, -0.15) is 5.10 Å². The van der Waals surface area contributed by atoms with Crippen molar-refractivity contribution in [3.63, 3.8) is 0 Å². The Kier molecular flexibility index (Phi) is 3.76. The normalized spacial score (nSPS) is 11.4. The lowest BCUT2D eigenvalue weighted by atomic mass is 10.2. The quantitative estimate of drug-likeness (QED) is 0.664. The van der Waals surface area contributed by atoms with Crippen molar-refractivity contribution >= 4 is 18.2 Å². The number of carbonyl (C=O) groups is 1. The first-order valence-electron chi connectivity index (χ1n) is 5.35. The minimum absolute atomic E-state index is 0.302. The third-order valence-electron chi connectivity index (χ3n) is 2.23. The highest BCUT2D eigenvalue weighted by molar-refractivity contribution is 5.95. The molecule has 0 bridgehead atoms. The number of aryl methyl sites for hydroxylation is 1. The summed E-state index contributed by atoms with van der Waals surface area (Å²) in [6, 6.07) is 5.21. The van der Waals surface area contributed by atoms with E-state index in [9.17, 15) is 4.79 Å². The van der Waals surface area contributed by atoms with Crippen LogP contribution in [-0.4, -0.2) is 12.1 Å². The van der Waals surface area contributed by atoms with Crippen molar-refractivity contribution in [3.8, 4) is 0 Å². The van der Waals surface area contributed by atoms with Crippen molar-refractivity contribution in [3.05, 3.63) is 53.9 Å². The molecule has 0 aromatic carbocycles. The summed E-state index contributed by atoms with van der Waals surface area (Å²) in [6.07, 6.45) is 7.92. The Morgan fingerprint density at radius 3 is 2.89 bits per heavy atom. The number of nitrogens with one attached hydrogen (secondary N) is 1. The van der Waals surface area contributed by atoms with Crippen molar-refractivity contribution in [2.24, 2.45) is 5.10 Å². The van der Waals surface area contributed by atoms with Crippen LogP contribution in [0.1, 0.15) is 21.9 Å². The van der Waals surface area contributed by atoms with E-state index in [0.717, 1.165) is 5.76 Å². The molecule has 18 heavy (non-hydrogen) atoms. The minimum atomic E-state index is -0.302. The van der Waals surface area contributed by atoms with Gasteiger partial charge in [-0.05, 0) is 37.3 Å². The minimum Gasteiger partial charge on any atom is -0.469 e. The van der Waals surface area contributed by atoms with Crippen LogP contribution in [0.5, 0.6) is 0 Å². The van der Waals surface area contributed by atoms with E-state index in [-0.39, 0.29) is 5.91 Å². The highest BCUT2D eigenvalue weighted by Crippen LogP contribution is 2.07. The Morgan fingerprint density at radius 1 is 1.33 bits per heavy atom. The van der Waals surface area contributed by atoms with Gasteiger partial charge in [0.1, 0.15) is 11.5 Å². The van der Waals surface area contributed by atoms with Gasteiger partial charge in [0, 0.05) is 6.21 Å². The van der Waals surface area contributed by atoms with Gasteiger partial charge in [-0.1, -0.05) is 0 Å². The van der Waals surface area contributed by atoms with Gasteiger partial charge in [-0.3, -0.25) is 4.79 Å². The number of hydrazone groups is 1. The molecule has 5 nitrogen and oxygen atoms in total. The molecule has 5 heteroatoms. The third-order valence-corrected chi connectivity index (χ3v) is 2.23. The van der Waals surface area contributed by atoms with E-state index >= 15 is 0 Å². The van der Waals surface area contributed by atoms with Gasteiger partial charge in [0.05, 0.1) is 18.1 Å². The van der Waals surface area contributed by atoms with Crippen molar-refractivity contribution in [1.29, 1.82) is 0 Å². The molecule has 2 heterocycles.